The van der Waals surface area contributed by atoms with E-state index in [1.807, 2.05) is 6.07 Å². The van der Waals surface area contributed by atoms with Crippen molar-refractivity contribution in [3.63, 3.8) is 0 Å². The number of carboxylic acid groups (broad SMARTS) is 1. The fourth-order valence-electron chi connectivity index (χ4n) is 2.55. The van der Waals surface area contributed by atoms with Gasteiger partial charge in [0.1, 0.15) is 6.04 Å². The summed E-state index contributed by atoms with van der Waals surface area (Å²) in [6.45, 7) is 0.815. The number of nitrogens with zero attached hydrogens (tertiary/aromatic N) is 3. The minimum absolute atomic E-state index is 0.290. The van der Waals surface area contributed by atoms with E-state index in [-0.39, 0.29) is 6.03 Å². The molecule has 1 aliphatic rings. The van der Waals surface area contributed by atoms with Gasteiger partial charge in [-0.05, 0) is 30.5 Å². The summed E-state index contributed by atoms with van der Waals surface area (Å²) < 4.78 is 0. The van der Waals surface area contributed by atoms with Gasteiger partial charge in [-0.2, -0.15) is 5.26 Å². The van der Waals surface area contributed by atoms with Gasteiger partial charge < -0.3 is 14.9 Å². The quantitative estimate of drug-likeness (QED) is 0.916. The Kier molecular flexibility index (Phi) is 4.43. The van der Waals surface area contributed by atoms with Crippen LogP contribution >= 0.6 is 0 Å². The molecule has 0 radical (unpaired) electrons. The minimum atomic E-state index is -0.958. The molecule has 6 nitrogen and oxygen atoms in total. The van der Waals surface area contributed by atoms with Crippen molar-refractivity contribution in [2.75, 3.05) is 13.6 Å². The monoisotopic (exact) mass is 287 g/mol. The molecule has 0 unspecified atom stereocenters. The average Bonchev–Trinajstić information content (AvgIpc) is 2.96. The molecule has 6 heteroatoms. The maximum absolute atomic E-state index is 12.3. The minimum Gasteiger partial charge on any atom is -0.480 e. The van der Waals surface area contributed by atoms with Crippen LogP contribution < -0.4 is 0 Å². The first-order chi connectivity index (χ1) is 10.0. The van der Waals surface area contributed by atoms with Crippen LogP contribution in [0.4, 0.5) is 4.79 Å². The van der Waals surface area contributed by atoms with Crippen molar-refractivity contribution in [3.8, 4) is 6.07 Å². The number of benzene rings is 1. The van der Waals surface area contributed by atoms with Crippen LogP contribution in [0.5, 0.6) is 0 Å². The first-order valence-electron chi connectivity index (χ1n) is 6.76. The molecule has 0 saturated carbocycles. The number of hydrogen-bond acceptors (Lipinski definition) is 3. The van der Waals surface area contributed by atoms with Crippen LogP contribution in [0.15, 0.2) is 24.3 Å². The molecule has 1 saturated heterocycles. The van der Waals surface area contributed by atoms with Crippen molar-refractivity contribution in [2.45, 2.75) is 25.4 Å². The summed E-state index contributed by atoms with van der Waals surface area (Å²) in [7, 11) is 1.64. The van der Waals surface area contributed by atoms with Crippen LogP contribution in [0.1, 0.15) is 24.0 Å². The predicted octanol–water partition coefficient (Wildman–Crippen LogP) is 1.66. The molecule has 110 valence electrons. The molecular weight excluding hydrogens is 270 g/mol. The van der Waals surface area contributed by atoms with Crippen molar-refractivity contribution >= 4 is 12.0 Å². The predicted molar refractivity (Wildman–Crippen MR) is 75.4 cm³/mol. The number of carboxylic acids is 1. The third-order valence-electron chi connectivity index (χ3n) is 3.59. The molecule has 1 N–H and O–H groups in total. The Morgan fingerprint density at radius 3 is 2.95 bits per heavy atom. The third kappa shape index (κ3) is 3.31. The molecular formula is C15H17N3O3. The zero-order valence-electron chi connectivity index (χ0n) is 11.8. The second kappa shape index (κ2) is 6.27. The summed E-state index contributed by atoms with van der Waals surface area (Å²) >= 11 is 0. The zero-order valence-corrected chi connectivity index (χ0v) is 11.8. The van der Waals surface area contributed by atoms with Crippen LogP contribution in [-0.2, 0) is 11.3 Å². The summed E-state index contributed by atoms with van der Waals surface area (Å²) in [5.74, 6) is -0.958. The van der Waals surface area contributed by atoms with Gasteiger partial charge in [-0.25, -0.2) is 9.59 Å². The van der Waals surface area contributed by atoms with E-state index in [1.54, 1.807) is 25.2 Å². The lowest BCUT2D eigenvalue weighted by atomic mass is 10.1. The van der Waals surface area contributed by atoms with Gasteiger partial charge >= 0.3 is 12.0 Å². The number of likely N-dealkylation sites (tertiary alicyclic amines) is 1. The lowest BCUT2D eigenvalue weighted by molar-refractivity contribution is -0.141. The van der Waals surface area contributed by atoms with E-state index < -0.39 is 12.0 Å². The van der Waals surface area contributed by atoms with Crippen molar-refractivity contribution in [2.24, 2.45) is 0 Å². The summed E-state index contributed by atoms with van der Waals surface area (Å²) in [5.41, 5.74) is 1.38. The summed E-state index contributed by atoms with van der Waals surface area (Å²) in [4.78, 5) is 26.4. The molecule has 1 aromatic rings. The maximum Gasteiger partial charge on any atom is 0.326 e. The molecule has 21 heavy (non-hydrogen) atoms. The first kappa shape index (κ1) is 14.9. The van der Waals surface area contributed by atoms with Gasteiger partial charge in [0, 0.05) is 20.1 Å². The SMILES string of the molecule is CN(Cc1cccc(C#N)c1)C(=O)N1CCC[C@H]1C(=O)O. The number of rotatable bonds is 3. The highest BCUT2D eigenvalue weighted by atomic mass is 16.4. The fourth-order valence-corrected chi connectivity index (χ4v) is 2.55. The van der Waals surface area contributed by atoms with Crippen LogP contribution in [0.25, 0.3) is 0 Å². The highest BCUT2D eigenvalue weighted by molar-refractivity contribution is 5.83. The van der Waals surface area contributed by atoms with Gasteiger partial charge in [-0.15, -0.1) is 0 Å². The molecule has 0 bridgehead atoms. The lowest BCUT2D eigenvalue weighted by Crippen LogP contribution is -2.46. The molecule has 0 aromatic heterocycles. The molecule has 0 spiro atoms. The van der Waals surface area contributed by atoms with E-state index in [9.17, 15) is 9.59 Å². The van der Waals surface area contributed by atoms with Crippen molar-refractivity contribution in [1.29, 1.82) is 5.26 Å². The number of carbonyl (C=O) groups excluding carboxylic acids is 1. The van der Waals surface area contributed by atoms with Gasteiger partial charge in [0.15, 0.2) is 0 Å². The lowest BCUT2D eigenvalue weighted by Gasteiger charge is -2.27. The van der Waals surface area contributed by atoms with Crippen molar-refractivity contribution < 1.29 is 14.7 Å². The topological polar surface area (TPSA) is 84.6 Å². The largest absolute Gasteiger partial charge is 0.480 e. The zero-order chi connectivity index (χ0) is 15.4. The number of amides is 2. The van der Waals surface area contributed by atoms with E-state index >= 15 is 0 Å². The second-order valence-electron chi connectivity index (χ2n) is 5.14. The van der Waals surface area contributed by atoms with Gasteiger partial charge in [-0.3, -0.25) is 0 Å². The van der Waals surface area contributed by atoms with Crippen LogP contribution in [0.3, 0.4) is 0 Å². The second-order valence-corrected chi connectivity index (χ2v) is 5.14. The van der Waals surface area contributed by atoms with Crippen molar-refractivity contribution in [1.82, 2.24) is 9.80 Å². The van der Waals surface area contributed by atoms with Gasteiger partial charge in [0.05, 0.1) is 11.6 Å². The maximum atomic E-state index is 12.3. The summed E-state index contributed by atoms with van der Waals surface area (Å²) in [6, 6.07) is 8.06. The average molecular weight is 287 g/mol. The number of aliphatic carboxylic acids is 1. The van der Waals surface area contributed by atoms with Gasteiger partial charge in [-0.1, -0.05) is 12.1 Å². The van der Waals surface area contributed by atoms with Crippen LogP contribution in [0.2, 0.25) is 0 Å². The smallest absolute Gasteiger partial charge is 0.326 e. The number of hydrogen-bond donors (Lipinski definition) is 1. The highest BCUT2D eigenvalue weighted by Gasteiger charge is 2.35. The van der Waals surface area contributed by atoms with Crippen molar-refractivity contribution in [3.05, 3.63) is 35.4 Å². The van der Waals surface area contributed by atoms with E-state index in [0.29, 0.717) is 31.5 Å². The number of urea groups is 1. The normalized spacial score (nSPS) is 17.3. The third-order valence-corrected chi connectivity index (χ3v) is 3.59. The summed E-state index contributed by atoms with van der Waals surface area (Å²) in [5, 5.41) is 18.0. The van der Waals surface area contributed by atoms with E-state index in [0.717, 1.165) is 5.56 Å². The van der Waals surface area contributed by atoms with Crippen LogP contribution in [-0.4, -0.2) is 46.5 Å². The Labute approximate surface area is 123 Å². The van der Waals surface area contributed by atoms with Crippen LogP contribution in [0, 0.1) is 11.3 Å². The molecule has 2 amide bonds. The highest BCUT2D eigenvalue weighted by Crippen LogP contribution is 2.19. The molecule has 1 fully saturated rings. The molecule has 1 aliphatic heterocycles. The number of carbonyl (C=O) groups is 2. The molecule has 1 heterocycles. The fraction of sp³-hybridized carbons (Fsp3) is 0.400. The Hall–Kier alpha value is -2.55. The number of nitriles is 1. The van der Waals surface area contributed by atoms with Gasteiger partial charge in [0.2, 0.25) is 0 Å². The summed E-state index contributed by atoms with van der Waals surface area (Å²) in [6.07, 6.45) is 1.21. The molecule has 1 atom stereocenters. The van der Waals surface area contributed by atoms with Gasteiger partial charge in [0.25, 0.3) is 0 Å². The van der Waals surface area contributed by atoms with E-state index in [1.165, 1.54) is 9.80 Å². The Morgan fingerprint density at radius 1 is 1.52 bits per heavy atom. The Morgan fingerprint density at radius 2 is 2.29 bits per heavy atom. The first-order valence-corrected chi connectivity index (χ1v) is 6.76. The molecule has 0 aliphatic carbocycles. The van der Waals surface area contributed by atoms with E-state index in [4.69, 9.17) is 10.4 Å². The van der Waals surface area contributed by atoms with E-state index in [2.05, 4.69) is 6.07 Å². The standard InChI is InChI=1S/C15H17N3O3/c1-17(10-12-5-2-4-11(8-12)9-16)15(21)18-7-3-6-13(18)14(19)20/h2,4-5,8,13H,3,6-7,10H2,1H3,(H,19,20)/t13-/m0/s1. The Balaban J connectivity index is 2.05. The molecule has 2 rings (SSSR count). The Bertz CT molecular complexity index is 594. The molecule has 1 aromatic carbocycles.